The summed E-state index contributed by atoms with van der Waals surface area (Å²) in [5.74, 6) is -0.379. The molecule has 1 atom stereocenters. The Kier molecular flexibility index (Phi) is 3.59. The first-order valence-electron chi connectivity index (χ1n) is 6.75. The molecule has 1 aliphatic heterocycles. The number of rotatable bonds is 2. The Morgan fingerprint density at radius 3 is 2.45 bits per heavy atom. The maximum absolute atomic E-state index is 12.2. The van der Waals surface area contributed by atoms with E-state index in [1.165, 1.54) is 5.56 Å². The minimum Gasteiger partial charge on any atom is -0.457 e. The minimum atomic E-state index is -1.03. The summed E-state index contributed by atoms with van der Waals surface area (Å²) in [6.45, 7) is 9.26. The Hall–Kier alpha value is -1.84. The third kappa shape index (κ3) is 3.18. The van der Waals surface area contributed by atoms with Gasteiger partial charge in [-0.3, -0.25) is 0 Å². The molecule has 20 heavy (non-hydrogen) atoms. The molecule has 1 heterocycles. The van der Waals surface area contributed by atoms with Crippen LogP contribution in [0, 0.1) is 6.92 Å². The molecule has 0 unspecified atom stereocenters. The second-order valence-electron chi connectivity index (χ2n) is 6.40. The number of benzene rings is 1. The predicted octanol–water partition coefficient (Wildman–Crippen LogP) is 3.22. The minimum absolute atomic E-state index is 0.379. The Morgan fingerprint density at radius 2 is 1.90 bits per heavy atom. The molecule has 4 nitrogen and oxygen atoms in total. The number of carbonyl (C=O) groups is 1. The summed E-state index contributed by atoms with van der Waals surface area (Å²) in [5.41, 5.74) is 1.37. The molecule has 2 rings (SSSR count). The van der Waals surface area contributed by atoms with Crippen LogP contribution in [0.25, 0.3) is 0 Å². The van der Waals surface area contributed by atoms with Gasteiger partial charge in [0.1, 0.15) is 5.60 Å². The van der Waals surface area contributed by atoms with Crippen LogP contribution in [0.3, 0.4) is 0 Å². The summed E-state index contributed by atoms with van der Waals surface area (Å²) in [4.78, 5) is 17.6. The van der Waals surface area contributed by atoms with Crippen LogP contribution in [0.1, 0.15) is 45.2 Å². The van der Waals surface area contributed by atoms with Crippen LogP contribution >= 0.6 is 0 Å². The standard InChI is InChI=1S/C16H21NO3/c1-11-6-8-12(9-7-11)13-10-16(5,20-17-13)14(18)19-15(2,3)4/h6-9H,10H2,1-5H3/t16-/m0/s1. The highest BCUT2D eigenvalue weighted by molar-refractivity contribution is 6.04. The normalized spacial score (nSPS) is 22.1. The van der Waals surface area contributed by atoms with Crippen molar-refractivity contribution in [2.24, 2.45) is 5.16 Å². The first-order valence-corrected chi connectivity index (χ1v) is 6.75. The van der Waals surface area contributed by atoms with Crippen LogP contribution in [0.4, 0.5) is 0 Å². The van der Waals surface area contributed by atoms with Gasteiger partial charge in [-0.1, -0.05) is 35.0 Å². The SMILES string of the molecule is Cc1ccc(C2=NO[C@](C)(C(=O)OC(C)(C)C)C2)cc1. The number of ether oxygens (including phenoxy) is 1. The van der Waals surface area contributed by atoms with Crippen LogP contribution in [-0.4, -0.2) is 22.9 Å². The lowest BCUT2D eigenvalue weighted by Gasteiger charge is -2.26. The smallest absolute Gasteiger partial charge is 0.354 e. The van der Waals surface area contributed by atoms with E-state index >= 15 is 0 Å². The molecule has 0 spiro atoms. The molecule has 0 bridgehead atoms. The first-order chi connectivity index (χ1) is 9.20. The van der Waals surface area contributed by atoms with Crippen molar-refractivity contribution in [2.75, 3.05) is 0 Å². The highest BCUT2D eigenvalue weighted by Gasteiger charge is 2.45. The molecule has 0 radical (unpaired) electrons. The Labute approximate surface area is 119 Å². The summed E-state index contributed by atoms with van der Waals surface area (Å²) in [5, 5.41) is 4.06. The molecule has 0 amide bonds. The quantitative estimate of drug-likeness (QED) is 0.779. The van der Waals surface area contributed by atoms with Crippen molar-refractivity contribution in [1.82, 2.24) is 0 Å². The number of aryl methyl sites for hydroxylation is 1. The number of carbonyl (C=O) groups excluding carboxylic acids is 1. The zero-order chi connectivity index (χ0) is 15.0. The average Bonchev–Trinajstić information content (AvgIpc) is 2.72. The van der Waals surface area contributed by atoms with E-state index in [9.17, 15) is 4.79 Å². The number of nitrogens with zero attached hydrogens (tertiary/aromatic N) is 1. The summed E-state index contributed by atoms with van der Waals surface area (Å²) < 4.78 is 5.39. The summed E-state index contributed by atoms with van der Waals surface area (Å²) in [6.07, 6.45) is 0.422. The third-order valence-corrected chi connectivity index (χ3v) is 3.08. The van der Waals surface area contributed by atoms with Gasteiger partial charge in [0, 0.05) is 6.42 Å². The lowest BCUT2D eigenvalue weighted by atomic mass is 9.95. The lowest BCUT2D eigenvalue weighted by Crippen LogP contribution is -2.41. The van der Waals surface area contributed by atoms with Crippen LogP contribution in [0.15, 0.2) is 29.4 Å². The second kappa shape index (κ2) is 4.93. The highest BCUT2D eigenvalue weighted by Crippen LogP contribution is 2.29. The van der Waals surface area contributed by atoms with Gasteiger partial charge >= 0.3 is 5.97 Å². The van der Waals surface area contributed by atoms with Crippen LogP contribution in [-0.2, 0) is 14.4 Å². The number of hydrogen-bond donors (Lipinski definition) is 0. The molecule has 108 valence electrons. The fourth-order valence-corrected chi connectivity index (χ4v) is 1.94. The predicted molar refractivity (Wildman–Crippen MR) is 77.7 cm³/mol. The number of esters is 1. The molecular weight excluding hydrogens is 254 g/mol. The van der Waals surface area contributed by atoms with E-state index in [2.05, 4.69) is 5.16 Å². The molecule has 1 aromatic rings. The van der Waals surface area contributed by atoms with Gasteiger partial charge in [-0.15, -0.1) is 0 Å². The van der Waals surface area contributed by atoms with Crippen molar-refractivity contribution in [2.45, 2.75) is 52.2 Å². The zero-order valence-corrected chi connectivity index (χ0v) is 12.7. The van der Waals surface area contributed by atoms with Crippen LogP contribution in [0.5, 0.6) is 0 Å². The highest BCUT2D eigenvalue weighted by atomic mass is 16.7. The van der Waals surface area contributed by atoms with Crippen LogP contribution in [0.2, 0.25) is 0 Å². The van der Waals surface area contributed by atoms with Crippen molar-refractivity contribution in [3.05, 3.63) is 35.4 Å². The maximum Gasteiger partial charge on any atom is 0.354 e. The maximum atomic E-state index is 12.2. The van der Waals surface area contributed by atoms with Crippen molar-refractivity contribution < 1.29 is 14.4 Å². The van der Waals surface area contributed by atoms with Crippen molar-refractivity contribution in [1.29, 1.82) is 0 Å². The van der Waals surface area contributed by atoms with Gasteiger partial charge in [0.15, 0.2) is 0 Å². The summed E-state index contributed by atoms with van der Waals surface area (Å²) in [7, 11) is 0. The second-order valence-corrected chi connectivity index (χ2v) is 6.40. The molecule has 1 aromatic carbocycles. The molecule has 0 aromatic heterocycles. The molecule has 1 aliphatic rings. The van der Waals surface area contributed by atoms with E-state index in [0.717, 1.165) is 11.3 Å². The fraction of sp³-hybridized carbons (Fsp3) is 0.500. The molecule has 0 fully saturated rings. The molecule has 0 aliphatic carbocycles. The van der Waals surface area contributed by atoms with Gasteiger partial charge in [0.25, 0.3) is 0 Å². The number of oxime groups is 1. The van der Waals surface area contributed by atoms with Crippen LogP contribution < -0.4 is 0 Å². The number of hydrogen-bond acceptors (Lipinski definition) is 4. The van der Waals surface area contributed by atoms with Gasteiger partial charge in [-0.25, -0.2) is 4.79 Å². The average molecular weight is 275 g/mol. The molecule has 0 saturated carbocycles. The molecular formula is C16H21NO3. The third-order valence-electron chi connectivity index (χ3n) is 3.08. The monoisotopic (exact) mass is 275 g/mol. The van der Waals surface area contributed by atoms with E-state index in [4.69, 9.17) is 9.57 Å². The van der Waals surface area contributed by atoms with E-state index in [0.29, 0.717) is 6.42 Å². The fourth-order valence-electron chi connectivity index (χ4n) is 1.94. The first kappa shape index (κ1) is 14.6. The lowest BCUT2D eigenvalue weighted by molar-refractivity contribution is -0.178. The summed E-state index contributed by atoms with van der Waals surface area (Å²) in [6, 6.07) is 8.00. The largest absolute Gasteiger partial charge is 0.457 e. The van der Waals surface area contributed by atoms with Crippen molar-refractivity contribution in [3.63, 3.8) is 0 Å². The Balaban J connectivity index is 2.10. The molecule has 0 N–H and O–H groups in total. The topological polar surface area (TPSA) is 47.9 Å². The Morgan fingerprint density at radius 1 is 1.30 bits per heavy atom. The van der Waals surface area contributed by atoms with E-state index in [1.807, 2.05) is 52.0 Å². The van der Waals surface area contributed by atoms with Gasteiger partial charge < -0.3 is 9.57 Å². The molecule has 0 saturated heterocycles. The van der Waals surface area contributed by atoms with Gasteiger partial charge in [-0.2, -0.15) is 0 Å². The van der Waals surface area contributed by atoms with Gasteiger partial charge in [0.05, 0.1) is 5.71 Å². The van der Waals surface area contributed by atoms with E-state index < -0.39 is 11.2 Å². The molecule has 4 heteroatoms. The Bertz CT molecular complexity index is 540. The van der Waals surface area contributed by atoms with Crippen molar-refractivity contribution >= 4 is 11.7 Å². The summed E-state index contributed by atoms with van der Waals surface area (Å²) >= 11 is 0. The van der Waals surface area contributed by atoms with E-state index in [1.54, 1.807) is 6.92 Å². The zero-order valence-electron chi connectivity index (χ0n) is 12.7. The van der Waals surface area contributed by atoms with Gasteiger partial charge in [0.2, 0.25) is 5.60 Å². The van der Waals surface area contributed by atoms with E-state index in [-0.39, 0.29) is 5.97 Å². The van der Waals surface area contributed by atoms with Crippen molar-refractivity contribution in [3.8, 4) is 0 Å². The van der Waals surface area contributed by atoms with Gasteiger partial charge in [-0.05, 0) is 40.2 Å².